The SMILES string of the molecule is C/C=C(/C1=C(OCC)C=C(COC)C1N1CCOCC1)c1ccccc1. The van der Waals surface area contributed by atoms with Crippen LogP contribution in [0.3, 0.4) is 0 Å². The molecule has 26 heavy (non-hydrogen) atoms. The Morgan fingerprint density at radius 2 is 1.96 bits per heavy atom. The zero-order valence-electron chi connectivity index (χ0n) is 16.0. The second kappa shape index (κ2) is 9.17. The Labute approximate surface area is 156 Å². The molecule has 4 nitrogen and oxygen atoms in total. The first-order valence-electron chi connectivity index (χ1n) is 9.40. The Morgan fingerprint density at radius 1 is 1.23 bits per heavy atom. The highest BCUT2D eigenvalue weighted by atomic mass is 16.5. The molecule has 0 amide bonds. The maximum atomic E-state index is 6.07. The zero-order chi connectivity index (χ0) is 18.4. The molecule has 0 radical (unpaired) electrons. The van der Waals surface area contributed by atoms with Crippen molar-refractivity contribution in [3.8, 4) is 0 Å². The summed E-state index contributed by atoms with van der Waals surface area (Å²) >= 11 is 0. The van der Waals surface area contributed by atoms with Crippen LogP contribution in [-0.4, -0.2) is 57.6 Å². The lowest BCUT2D eigenvalue weighted by atomic mass is 9.90. The molecule has 1 heterocycles. The van der Waals surface area contributed by atoms with Gasteiger partial charge in [0.1, 0.15) is 5.76 Å². The molecule has 0 saturated carbocycles. The van der Waals surface area contributed by atoms with Crippen molar-refractivity contribution in [2.45, 2.75) is 19.9 Å². The van der Waals surface area contributed by atoms with Gasteiger partial charge in [-0.3, -0.25) is 4.90 Å². The lowest BCUT2D eigenvalue weighted by Crippen LogP contribution is -2.45. The number of hydrogen-bond donors (Lipinski definition) is 0. The largest absolute Gasteiger partial charge is 0.493 e. The van der Waals surface area contributed by atoms with Crippen LogP contribution in [0, 0.1) is 0 Å². The predicted octanol–water partition coefficient (Wildman–Crippen LogP) is 3.67. The fourth-order valence-corrected chi connectivity index (χ4v) is 3.84. The average Bonchev–Trinajstić information content (AvgIpc) is 3.02. The van der Waals surface area contributed by atoms with Crippen LogP contribution in [0.4, 0.5) is 0 Å². The van der Waals surface area contributed by atoms with Gasteiger partial charge in [-0.05, 0) is 36.6 Å². The number of rotatable bonds is 7. The van der Waals surface area contributed by atoms with Crippen molar-refractivity contribution >= 4 is 5.57 Å². The molecule has 4 heteroatoms. The molecule has 1 fully saturated rings. The van der Waals surface area contributed by atoms with E-state index in [1.54, 1.807) is 7.11 Å². The summed E-state index contributed by atoms with van der Waals surface area (Å²) in [5, 5.41) is 0. The number of benzene rings is 1. The minimum atomic E-state index is 0.173. The maximum absolute atomic E-state index is 6.07. The van der Waals surface area contributed by atoms with Crippen LogP contribution in [0.15, 0.2) is 59.4 Å². The molecule has 1 aromatic carbocycles. The van der Waals surface area contributed by atoms with E-state index in [1.165, 1.54) is 22.3 Å². The molecule has 2 aliphatic rings. The molecule has 1 aromatic rings. The smallest absolute Gasteiger partial charge is 0.125 e. The van der Waals surface area contributed by atoms with E-state index < -0.39 is 0 Å². The molecule has 140 valence electrons. The lowest BCUT2D eigenvalue weighted by molar-refractivity contribution is 0.0282. The van der Waals surface area contributed by atoms with Gasteiger partial charge in [0.05, 0.1) is 32.5 Å². The summed E-state index contributed by atoms with van der Waals surface area (Å²) in [4.78, 5) is 2.49. The van der Waals surface area contributed by atoms with Crippen molar-refractivity contribution in [3.05, 3.63) is 65.0 Å². The third-order valence-electron chi connectivity index (χ3n) is 4.89. The zero-order valence-corrected chi connectivity index (χ0v) is 16.0. The molecular formula is C22H29NO3. The first-order chi connectivity index (χ1) is 12.8. The highest BCUT2D eigenvalue weighted by Crippen LogP contribution is 2.39. The van der Waals surface area contributed by atoms with E-state index in [0.717, 1.165) is 32.1 Å². The van der Waals surface area contributed by atoms with Crippen molar-refractivity contribution in [2.75, 3.05) is 46.6 Å². The van der Waals surface area contributed by atoms with Crippen molar-refractivity contribution < 1.29 is 14.2 Å². The van der Waals surface area contributed by atoms with Gasteiger partial charge >= 0.3 is 0 Å². The summed E-state index contributed by atoms with van der Waals surface area (Å²) < 4.78 is 17.2. The predicted molar refractivity (Wildman–Crippen MR) is 105 cm³/mol. The Morgan fingerprint density at radius 3 is 2.58 bits per heavy atom. The van der Waals surface area contributed by atoms with Gasteiger partial charge in [-0.25, -0.2) is 0 Å². The second-order valence-corrected chi connectivity index (χ2v) is 6.48. The Balaban J connectivity index is 2.05. The molecule has 1 unspecified atom stereocenters. The molecule has 0 bridgehead atoms. The van der Waals surface area contributed by atoms with E-state index in [9.17, 15) is 0 Å². The van der Waals surface area contributed by atoms with Gasteiger partial charge in [0.25, 0.3) is 0 Å². The van der Waals surface area contributed by atoms with E-state index in [-0.39, 0.29) is 6.04 Å². The number of nitrogens with zero attached hydrogens (tertiary/aromatic N) is 1. The molecule has 1 atom stereocenters. The Hall–Kier alpha value is -1.88. The molecular weight excluding hydrogens is 326 g/mol. The highest BCUT2D eigenvalue weighted by molar-refractivity contribution is 5.83. The van der Waals surface area contributed by atoms with Crippen LogP contribution in [0.2, 0.25) is 0 Å². The number of allylic oxidation sites excluding steroid dienone is 2. The number of ether oxygens (including phenoxy) is 3. The van der Waals surface area contributed by atoms with Crippen LogP contribution >= 0.6 is 0 Å². The first kappa shape index (κ1) is 18.9. The van der Waals surface area contributed by atoms with Gasteiger partial charge in [-0.2, -0.15) is 0 Å². The van der Waals surface area contributed by atoms with Gasteiger partial charge in [0.2, 0.25) is 0 Å². The molecule has 1 aliphatic carbocycles. The van der Waals surface area contributed by atoms with Crippen LogP contribution in [0.5, 0.6) is 0 Å². The summed E-state index contributed by atoms with van der Waals surface area (Å²) in [6.45, 7) is 8.76. The van der Waals surface area contributed by atoms with E-state index >= 15 is 0 Å². The maximum Gasteiger partial charge on any atom is 0.125 e. The van der Waals surface area contributed by atoms with E-state index in [2.05, 4.69) is 54.3 Å². The topological polar surface area (TPSA) is 30.9 Å². The Kier molecular flexibility index (Phi) is 6.67. The molecule has 1 aliphatic heterocycles. The summed E-state index contributed by atoms with van der Waals surface area (Å²) in [6.07, 6.45) is 4.37. The molecule has 0 spiro atoms. The lowest BCUT2D eigenvalue weighted by Gasteiger charge is -2.36. The van der Waals surface area contributed by atoms with Crippen LogP contribution in [-0.2, 0) is 14.2 Å². The van der Waals surface area contributed by atoms with Gasteiger partial charge in [0.15, 0.2) is 0 Å². The van der Waals surface area contributed by atoms with E-state index in [1.807, 2.05) is 6.92 Å². The normalized spacial score (nSPS) is 21.9. The second-order valence-electron chi connectivity index (χ2n) is 6.48. The standard InChI is InChI=1S/C22H29NO3/c1-4-19(17-9-7-6-8-10-17)21-20(26-5-2)15-18(16-24-3)22(21)23-11-13-25-14-12-23/h4,6-10,15,22H,5,11-14,16H2,1-3H3/b19-4+. The monoisotopic (exact) mass is 355 g/mol. The number of morpholine rings is 1. The molecule has 0 N–H and O–H groups in total. The highest BCUT2D eigenvalue weighted by Gasteiger charge is 2.36. The summed E-state index contributed by atoms with van der Waals surface area (Å²) in [6, 6.07) is 10.7. The Bertz CT molecular complexity index is 685. The van der Waals surface area contributed by atoms with E-state index in [4.69, 9.17) is 14.2 Å². The van der Waals surface area contributed by atoms with Crippen molar-refractivity contribution in [1.29, 1.82) is 0 Å². The van der Waals surface area contributed by atoms with Crippen LogP contribution in [0.1, 0.15) is 19.4 Å². The molecule has 3 rings (SSSR count). The summed E-state index contributed by atoms with van der Waals surface area (Å²) in [7, 11) is 1.75. The van der Waals surface area contributed by atoms with Crippen LogP contribution < -0.4 is 0 Å². The van der Waals surface area contributed by atoms with Gasteiger partial charge in [-0.1, -0.05) is 36.4 Å². The molecule has 0 aromatic heterocycles. The summed E-state index contributed by atoms with van der Waals surface area (Å²) in [5.74, 6) is 0.966. The number of methoxy groups -OCH3 is 1. The van der Waals surface area contributed by atoms with Gasteiger partial charge in [-0.15, -0.1) is 0 Å². The van der Waals surface area contributed by atoms with Crippen molar-refractivity contribution in [3.63, 3.8) is 0 Å². The van der Waals surface area contributed by atoms with E-state index in [0.29, 0.717) is 13.2 Å². The fourth-order valence-electron chi connectivity index (χ4n) is 3.84. The minimum Gasteiger partial charge on any atom is -0.493 e. The van der Waals surface area contributed by atoms with Crippen molar-refractivity contribution in [2.24, 2.45) is 0 Å². The first-order valence-corrected chi connectivity index (χ1v) is 9.40. The minimum absolute atomic E-state index is 0.173. The number of hydrogen-bond acceptors (Lipinski definition) is 4. The quantitative estimate of drug-likeness (QED) is 0.747. The van der Waals surface area contributed by atoms with Gasteiger partial charge < -0.3 is 14.2 Å². The van der Waals surface area contributed by atoms with Gasteiger partial charge in [0, 0.05) is 25.8 Å². The summed E-state index contributed by atoms with van der Waals surface area (Å²) in [5.41, 5.74) is 4.94. The third-order valence-corrected chi connectivity index (χ3v) is 4.89. The fraction of sp³-hybridized carbons (Fsp3) is 0.455. The third kappa shape index (κ3) is 3.93. The van der Waals surface area contributed by atoms with Crippen molar-refractivity contribution in [1.82, 2.24) is 4.90 Å². The molecule has 1 saturated heterocycles. The average molecular weight is 355 g/mol. The van der Waals surface area contributed by atoms with Crippen LogP contribution in [0.25, 0.3) is 5.57 Å².